The van der Waals surface area contributed by atoms with Gasteiger partial charge >= 0.3 is 5.97 Å². The van der Waals surface area contributed by atoms with Gasteiger partial charge < -0.3 is 9.84 Å². The molecule has 1 saturated carbocycles. The molecule has 1 N–H and O–H groups in total. The molecular weight excluding hydrogens is 228 g/mol. The molecule has 0 spiro atoms. The maximum absolute atomic E-state index is 11.5. The van der Waals surface area contributed by atoms with E-state index in [4.69, 9.17) is 4.74 Å². The maximum Gasteiger partial charge on any atom is 0.334 e. The molecule has 0 aliphatic heterocycles. The summed E-state index contributed by atoms with van der Waals surface area (Å²) in [5.41, 5.74) is 0.0948. The summed E-state index contributed by atoms with van der Waals surface area (Å²) in [5, 5.41) is 9.87. The Balaban J connectivity index is 2.45. The van der Waals surface area contributed by atoms with Gasteiger partial charge in [0.25, 0.3) is 0 Å². The van der Waals surface area contributed by atoms with Crippen LogP contribution in [0.5, 0.6) is 0 Å². The van der Waals surface area contributed by atoms with Crippen LogP contribution in [0.25, 0.3) is 0 Å². The van der Waals surface area contributed by atoms with Gasteiger partial charge in [-0.1, -0.05) is 20.8 Å². The number of carbonyl (C=O) groups is 1. The van der Waals surface area contributed by atoms with Gasteiger partial charge in [-0.25, -0.2) is 4.79 Å². The Kier molecular flexibility index (Phi) is 5.64. The lowest BCUT2D eigenvalue weighted by Gasteiger charge is -2.39. The molecule has 1 rings (SSSR count). The fraction of sp³-hybridized carbons (Fsp3) is 0.933. The van der Waals surface area contributed by atoms with Crippen LogP contribution in [0.15, 0.2) is 0 Å². The first kappa shape index (κ1) is 15.5. The van der Waals surface area contributed by atoms with E-state index in [0.29, 0.717) is 13.0 Å². The predicted molar refractivity (Wildman–Crippen MR) is 72.2 cm³/mol. The first-order valence-electron chi connectivity index (χ1n) is 7.22. The Morgan fingerprint density at radius 2 is 1.94 bits per heavy atom. The zero-order chi connectivity index (χ0) is 13.8. The average Bonchev–Trinajstić information content (AvgIpc) is 2.29. The van der Waals surface area contributed by atoms with Crippen molar-refractivity contribution in [2.24, 2.45) is 17.3 Å². The molecule has 1 aliphatic rings. The van der Waals surface area contributed by atoms with E-state index in [1.165, 1.54) is 12.8 Å². The van der Waals surface area contributed by atoms with Crippen molar-refractivity contribution in [1.29, 1.82) is 0 Å². The van der Waals surface area contributed by atoms with Crippen molar-refractivity contribution in [1.82, 2.24) is 0 Å². The molecule has 18 heavy (non-hydrogen) atoms. The first-order valence-corrected chi connectivity index (χ1v) is 7.22. The minimum absolute atomic E-state index is 0.0948. The van der Waals surface area contributed by atoms with Gasteiger partial charge in [-0.2, -0.15) is 0 Å². The van der Waals surface area contributed by atoms with E-state index in [1.54, 1.807) is 6.92 Å². The van der Waals surface area contributed by atoms with E-state index in [9.17, 15) is 9.90 Å². The van der Waals surface area contributed by atoms with Gasteiger partial charge in [0.15, 0.2) is 6.10 Å². The number of carbonyl (C=O) groups excluding carboxylic acids is 1. The largest absolute Gasteiger partial charge is 0.464 e. The Morgan fingerprint density at radius 1 is 1.39 bits per heavy atom. The molecule has 0 amide bonds. The van der Waals surface area contributed by atoms with Crippen LogP contribution >= 0.6 is 0 Å². The summed E-state index contributed by atoms with van der Waals surface area (Å²) < 4.78 is 4.86. The number of aliphatic hydroxyl groups excluding tert-OH is 1. The molecule has 0 saturated heterocycles. The maximum atomic E-state index is 11.5. The van der Waals surface area contributed by atoms with Crippen LogP contribution < -0.4 is 0 Å². The lowest BCUT2D eigenvalue weighted by molar-refractivity contribution is -0.155. The minimum Gasteiger partial charge on any atom is -0.464 e. The van der Waals surface area contributed by atoms with Gasteiger partial charge in [0.05, 0.1) is 6.61 Å². The summed E-state index contributed by atoms with van der Waals surface area (Å²) in [4.78, 5) is 11.5. The fourth-order valence-corrected chi connectivity index (χ4v) is 3.00. The van der Waals surface area contributed by atoms with E-state index < -0.39 is 12.1 Å². The van der Waals surface area contributed by atoms with Crippen molar-refractivity contribution >= 4 is 5.97 Å². The highest BCUT2D eigenvalue weighted by molar-refractivity contribution is 5.74. The first-order chi connectivity index (χ1) is 8.38. The lowest BCUT2D eigenvalue weighted by Crippen LogP contribution is -2.34. The second-order valence-electron chi connectivity index (χ2n) is 6.36. The van der Waals surface area contributed by atoms with Gasteiger partial charge in [-0.05, 0) is 56.3 Å². The van der Waals surface area contributed by atoms with Crippen LogP contribution in [0.1, 0.15) is 59.8 Å². The zero-order valence-corrected chi connectivity index (χ0v) is 12.2. The van der Waals surface area contributed by atoms with Gasteiger partial charge in [-0.3, -0.25) is 0 Å². The van der Waals surface area contributed by atoms with E-state index in [2.05, 4.69) is 20.8 Å². The monoisotopic (exact) mass is 256 g/mol. The summed E-state index contributed by atoms with van der Waals surface area (Å²) in [6.45, 7) is 8.84. The van der Waals surface area contributed by atoms with Crippen molar-refractivity contribution in [2.75, 3.05) is 6.61 Å². The minimum atomic E-state index is -0.953. The molecular formula is C15H28O3. The quantitative estimate of drug-likeness (QED) is 0.769. The van der Waals surface area contributed by atoms with E-state index in [-0.39, 0.29) is 5.41 Å². The number of rotatable bonds is 5. The summed E-state index contributed by atoms with van der Waals surface area (Å²) in [6.07, 6.45) is 4.22. The highest BCUT2D eigenvalue weighted by atomic mass is 16.5. The molecule has 1 atom stereocenters. The molecule has 1 aliphatic carbocycles. The SMILES string of the molecule is CCOC(=O)C(O)CC1(C)CCC(C(C)C)CC1. The highest BCUT2D eigenvalue weighted by Crippen LogP contribution is 2.44. The lowest BCUT2D eigenvalue weighted by atomic mass is 9.67. The molecule has 0 aromatic heterocycles. The third-order valence-corrected chi connectivity index (χ3v) is 4.42. The molecule has 1 fully saturated rings. The smallest absolute Gasteiger partial charge is 0.334 e. The summed E-state index contributed by atoms with van der Waals surface area (Å²) >= 11 is 0. The van der Waals surface area contributed by atoms with Crippen molar-refractivity contribution in [2.45, 2.75) is 65.9 Å². The van der Waals surface area contributed by atoms with E-state index in [1.807, 2.05) is 0 Å². The number of hydrogen-bond donors (Lipinski definition) is 1. The third-order valence-electron chi connectivity index (χ3n) is 4.42. The molecule has 0 bridgehead atoms. The van der Waals surface area contributed by atoms with Crippen LogP contribution in [0, 0.1) is 17.3 Å². The Bertz CT molecular complexity index is 265. The molecule has 0 aromatic carbocycles. The predicted octanol–water partition coefficient (Wildman–Crippen LogP) is 3.15. The highest BCUT2D eigenvalue weighted by Gasteiger charge is 2.35. The van der Waals surface area contributed by atoms with Crippen molar-refractivity contribution in [3.05, 3.63) is 0 Å². The van der Waals surface area contributed by atoms with Gasteiger partial charge in [0.2, 0.25) is 0 Å². The van der Waals surface area contributed by atoms with E-state index in [0.717, 1.165) is 24.7 Å². The number of esters is 1. The van der Waals surface area contributed by atoms with Gasteiger partial charge in [0.1, 0.15) is 0 Å². The number of ether oxygens (including phenoxy) is 1. The number of aliphatic hydroxyl groups is 1. The van der Waals surface area contributed by atoms with Crippen molar-refractivity contribution < 1.29 is 14.6 Å². The molecule has 0 radical (unpaired) electrons. The van der Waals surface area contributed by atoms with E-state index >= 15 is 0 Å². The van der Waals surface area contributed by atoms with Crippen LogP contribution in [-0.2, 0) is 9.53 Å². The fourth-order valence-electron chi connectivity index (χ4n) is 3.00. The summed E-state index contributed by atoms with van der Waals surface area (Å²) in [7, 11) is 0. The Morgan fingerprint density at radius 3 is 2.39 bits per heavy atom. The second-order valence-corrected chi connectivity index (χ2v) is 6.36. The molecule has 3 heteroatoms. The molecule has 0 heterocycles. The average molecular weight is 256 g/mol. The normalized spacial score (nSPS) is 30.2. The Hall–Kier alpha value is -0.570. The molecule has 106 valence electrons. The molecule has 1 unspecified atom stereocenters. The molecule has 0 aromatic rings. The standard InChI is InChI=1S/C15H28O3/c1-5-18-14(17)13(16)10-15(4)8-6-12(7-9-15)11(2)3/h11-13,16H,5-10H2,1-4H3. The summed E-state index contributed by atoms with van der Waals surface area (Å²) in [6, 6.07) is 0. The second kappa shape index (κ2) is 6.55. The van der Waals surface area contributed by atoms with Crippen LogP contribution in [-0.4, -0.2) is 23.8 Å². The van der Waals surface area contributed by atoms with Crippen LogP contribution in [0.4, 0.5) is 0 Å². The topological polar surface area (TPSA) is 46.5 Å². The van der Waals surface area contributed by atoms with Crippen molar-refractivity contribution in [3.63, 3.8) is 0 Å². The number of hydrogen-bond acceptors (Lipinski definition) is 3. The van der Waals surface area contributed by atoms with Gasteiger partial charge in [0, 0.05) is 0 Å². The summed E-state index contributed by atoms with van der Waals surface area (Å²) in [5.74, 6) is 1.08. The van der Waals surface area contributed by atoms with Gasteiger partial charge in [-0.15, -0.1) is 0 Å². The van der Waals surface area contributed by atoms with Crippen LogP contribution in [0.2, 0.25) is 0 Å². The third kappa shape index (κ3) is 4.27. The molecule has 3 nitrogen and oxygen atoms in total. The van der Waals surface area contributed by atoms with Crippen LogP contribution in [0.3, 0.4) is 0 Å². The van der Waals surface area contributed by atoms with Crippen molar-refractivity contribution in [3.8, 4) is 0 Å². The Labute approximate surface area is 111 Å². The zero-order valence-electron chi connectivity index (χ0n) is 12.2.